The van der Waals surface area contributed by atoms with Gasteiger partial charge in [0.2, 0.25) is 15.9 Å². The highest BCUT2D eigenvalue weighted by Gasteiger charge is 2.35. The smallest absolute Gasteiger partial charge is 0.262 e. The standard InChI is InChI=1S/C23H27N3O7S/c1-14-9-17-19(33-13-22(27)25-17)11-21(14)34(29,30)26-8-4-5-15(12-26)23(28)24-16-6-7-18(31-2)20(10-16)32-3/h6-7,9-11,15H,4-5,8,12-13H2,1-3H3,(H,24,28)(H,25,27). The number of aryl methyl sites for hydroxylation is 1. The summed E-state index contributed by atoms with van der Waals surface area (Å²) in [5.41, 5.74) is 1.47. The van der Waals surface area contributed by atoms with E-state index < -0.39 is 15.9 Å². The molecule has 2 aliphatic heterocycles. The number of rotatable bonds is 6. The Morgan fingerprint density at radius 1 is 1.18 bits per heavy atom. The summed E-state index contributed by atoms with van der Waals surface area (Å²) in [4.78, 5) is 24.6. The second-order valence-electron chi connectivity index (χ2n) is 8.21. The quantitative estimate of drug-likeness (QED) is 0.639. The molecule has 4 rings (SSSR count). The van der Waals surface area contributed by atoms with Crippen LogP contribution in [0.15, 0.2) is 35.2 Å². The van der Waals surface area contributed by atoms with Crippen LogP contribution < -0.4 is 24.8 Å². The van der Waals surface area contributed by atoms with Crippen LogP contribution in [0.1, 0.15) is 18.4 Å². The molecular formula is C23H27N3O7S. The van der Waals surface area contributed by atoms with Gasteiger partial charge in [0.05, 0.1) is 30.7 Å². The Morgan fingerprint density at radius 2 is 1.94 bits per heavy atom. The highest BCUT2D eigenvalue weighted by atomic mass is 32.2. The van der Waals surface area contributed by atoms with Crippen LogP contribution in [0.2, 0.25) is 0 Å². The van der Waals surface area contributed by atoms with Gasteiger partial charge >= 0.3 is 0 Å². The van der Waals surface area contributed by atoms with Crippen LogP contribution in [-0.2, 0) is 19.6 Å². The van der Waals surface area contributed by atoms with Gasteiger partial charge in [-0.05, 0) is 43.5 Å². The number of ether oxygens (including phenoxy) is 3. The fourth-order valence-corrected chi connectivity index (χ4v) is 5.91. The summed E-state index contributed by atoms with van der Waals surface area (Å²) in [6.45, 7) is 1.88. The van der Waals surface area contributed by atoms with Crippen molar-refractivity contribution in [3.05, 3.63) is 35.9 Å². The fourth-order valence-electron chi connectivity index (χ4n) is 4.17. The molecule has 2 heterocycles. The van der Waals surface area contributed by atoms with E-state index in [-0.39, 0.29) is 29.9 Å². The maximum Gasteiger partial charge on any atom is 0.262 e. The number of carbonyl (C=O) groups is 2. The molecule has 2 N–H and O–H groups in total. The first-order chi connectivity index (χ1) is 16.2. The van der Waals surface area contributed by atoms with Crippen LogP contribution in [0, 0.1) is 12.8 Å². The minimum absolute atomic E-state index is 0.0651. The van der Waals surface area contributed by atoms with E-state index in [9.17, 15) is 18.0 Å². The van der Waals surface area contributed by atoms with Crippen LogP contribution >= 0.6 is 0 Å². The molecule has 2 aromatic rings. The zero-order valence-electron chi connectivity index (χ0n) is 19.2. The van der Waals surface area contributed by atoms with Crippen LogP contribution in [0.5, 0.6) is 17.2 Å². The number of hydrogen-bond acceptors (Lipinski definition) is 7. The summed E-state index contributed by atoms with van der Waals surface area (Å²) in [7, 11) is -0.838. The minimum Gasteiger partial charge on any atom is -0.493 e. The fraction of sp³-hybridized carbons (Fsp3) is 0.391. The monoisotopic (exact) mass is 489 g/mol. The molecule has 34 heavy (non-hydrogen) atoms. The third-order valence-corrected chi connectivity index (χ3v) is 7.94. The van der Waals surface area contributed by atoms with Crippen molar-refractivity contribution in [1.82, 2.24) is 4.31 Å². The zero-order chi connectivity index (χ0) is 24.5. The Bertz CT molecular complexity index is 1230. The number of nitrogens with one attached hydrogen (secondary N) is 2. The number of carbonyl (C=O) groups excluding carboxylic acids is 2. The number of hydrogen-bond donors (Lipinski definition) is 2. The van der Waals surface area contributed by atoms with Crippen LogP contribution in [-0.4, -0.2) is 58.5 Å². The number of benzene rings is 2. The van der Waals surface area contributed by atoms with Crippen molar-refractivity contribution in [3.63, 3.8) is 0 Å². The summed E-state index contributed by atoms with van der Waals surface area (Å²) in [6, 6.07) is 8.07. The molecule has 1 atom stereocenters. The molecule has 2 aliphatic rings. The summed E-state index contributed by atoms with van der Waals surface area (Å²) >= 11 is 0. The van der Waals surface area contributed by atoms with E-state index in [0.717, 1.165) is 0 Å². The van der Waals surface area contributed by atoms with Gasteiger partial charge in [-0.15, -0.1) is 0 Å². The topological polar surface area (TPSA) is 123 Å². The van der Waals surface area contributed by atoms with Crippen molar-refractivity contribution in [1.29, 1.82) is 0 Å². The van der Waals surface area contributed by atoms with E-state index in [2.05, 4.69) is 10.6 Å². The first-order valence-corrected chi connectivity index (χ1v) is 12.3. The normalized spacial score (nSPS) is 18.3. The second-order valence-corrected chi connectivity index (χ2v) is 10.1. The lowest BCUT2D eigenvalue weighted by molar-refractivity contribution is -0.121. The number of piperidine rings is 1. The SMILES string of the molecule is COc1ccc(NC(=O)C2CCCN(S(=O)(=O)c3cc4c(cc3C)NC(=O)CO4)C2)cc1OC. The molecule has 0 aromatic heterocycles. The lowest BCUT2D eigenvalue weighted by atomic mass is 9.98. The Kier molecular flexibility index (Phi) is 6.67. The number of fused-ring (bicyclic) bond motifs is 1. The van der Waals surface area contributed by atoms with E-state index in [1.165, 1.54) is 24.6 Å². The molecule has 0 radical (unpaired) electrons. The van der Waals surface area contributed by atoms with Gasteiger partial charge in [-0.25, -0.2) is 8.42 Å². The predicted molar refractivity (Wildman–Crippen MR) is 125 cm³/mol. The van der Waals surface area contributed by atoms with E-state index in [4.69, 9.17) is 14.2 Å². The average molecular weight is 490 g/mol. The molecule has 0 bridgehead atoms. The number of amides is 2. The summed E-state index contributed by atoms with van der Waals surface area (Å²) in [6.07, 6.45) is 1.13. The maximum absolute atomic E-state index is 13.5. The molecule has 2 aromatic carbocycles. The highest BCUT2D eigenvalue weighted by Crippen LogP contribution is 2.35. The zero-order valence-corrected chi connectivity index (χ0v) is 20.0. The predicted octanol–water partition coefficient (Wildman–Crippen LogP) is 2.38. The molecule has 11 heteroatoms. The van der Waals surface area contributed by atoms with Crippen molar-refractivity contribution in [3.8, 4) is 17.2 Å². The van der Waals surface area contributed by atoms with Gasteiger partial charge in [0.15, 0.2) is 18.1 Å². The summed E-state index contributed by atoms with van der Waals surface area (Å²) in [5, 5.41) is 5.53. The number of methoxy groups -OCH3 is 2. The Balaban J connectivity index is 1.51. The van der Waals surface area contributed by atoms with Crippen molar-refractivity contribution >= 4 is 33.2 Å². The van der Waals surface area contributed by atoms with Gasteiger partial charge in [-0.3, -0.25) is 9.59 Å². The van der Waals surface area contributed by atoms with Gasteiger partial charge in [-0.1, -0.05) is 0 Å². The molecule has 1 unspecified atom stereocenters. The first kappa shape index (κ1) is 23.8. The van der Waals surface area contributed by atoms with Crippen molar-refractivity contribution in [2.75, 3.05) is 44.5 Å². The molecule has 0 saturated carbocycles. The number of sulfonamides is 1. The van der Waals surface area contributed by atoms with E-state index >= 15 is 0 Å². The molecule has 182 valence electrons. The van der Waals surface area contributed by atoms with Crippen LogP contribution in [0.25, 0.3) is 0 Å². The lowest BCUT2D eigenvalue weighted by Gasteiger charge is -2.32. The number of nitrogens with zero attached hydrogens (tertiary/aromatic N) is 1. The average Bonchev–Trinajstić information content (AvgIpc) is 2.83. The van der Waals surface area contributed by atoms with Crippen molar-refractivity contribution in [2.24, 2.45) is 5.92 Å². The van der Waals surface area contributed by atoms with Gasteiger partial charge < -0.3 is 24.8 Å². The Morgan fingerprint density at radius 3 is 2.68 bits per heavy atom. The third-order valence-electron chi connectivity index (χ3n) is 5.93. The van der Waals surface area contributed by atoms with Gasteiger partial charge in [-0.2, -0.15) is 4.31 Å². The molecule has 1 fully saturated rings. The van der Waals surface area contributed by atoms with Gasteiger partial charge in [0, 0.05) is 30.9 Å². The van der Waals surface area contributed by atoms with E-state index in [0.29, 0.717) is 53.6 Å². The van der Waals surface area contributed by atoms with Crippen molar-refractivity contribution < 1.29 is 32.2 Å². The summed E-state index contributed by atoms with van der Waals surface area (Å²) < 4.78 is 44.1. The van der Waals surface area contributed by atoms with Crippen LogP contribution in [0.3, 0.4) is 0 Å². The van der Waals surface area contributed by atoms with E-state index in [1.807, 2.05) is 0 Å². The van der Waals surface area contributed by atoms with Gasteiger partial charge in [0.25, 0.3) is 5.91 Å². The maximum atomic E-state index is 13.5. The molecular weight excluding hydrogens is 462 g/mol. The molecule has 0 spiro atoms. The lowest BCUT2D eigenvalue weighted by Crippen LogP contribution is -2.43. The summed E-state index contributed by atoms with van der Waals surface area (Å²) in [5.74, 6) is 0.268. The Labute approximate surface area is 198 Å². The molecule has 0 aliphatic carbocycles. The molecule has 1 saturated heterocycles. The number of anilines is 2. The van der Waals surface area contributed by atoms with Gasteiger partial charge in [0.1, 0.15) is 5.75 Å². The first-order valence-electron chi connectivity index (χ1n) is 10.8. The highest BCUT2D eigenvalue weighted by molar-refractivity contribution is 7.89. The Hall–Kier alpha value is -3.31. The second kappa shape index (κ2) is 9.51. The minimum atomic E-state index is -3.87. The third kappa shape index (κ3) is 4.66. The van der Waals surface area contributed by atoms with Crippen LogP contribution in [0.4, 0.5) is 11.4 Å². The molecule has 10 nitrogen and oxygen atoms in total. The van der Waals surface area contributed by atoms with E-state index in [1.54, 1.807) is 31.2 Å². The largest absolute Gasteiger partial charge is 0.493 e. The molecule has 2 amide bonds. The van der Waals surface area contributed by atoms with Crippen molar-refractivity contribution in [2.45, 2.75) is 24.7 Å².